The summed E-state index contributed by atoms with van der Waals surface area (Å²) >= 11 is 0. The maximum absolute atomic E-state index is 13.4. The highest BCUT2D eigenvalue weighted by atomic mass is 16.5. The predicted molar refractivity (Wildman–Crippen MR) is 141 cm³/mol. The van der Waals surface area contributed by atoms with Gasteiger partial charge >= 0.3 is 6.03 Å². The average Bonchev–Trinajstić information content (AvgIpc) is 2.91. The largest absolute Gasteiger partial charge is 0.457 e. The fraction of sp³-hybridized carbons (Fsp3) is 0.552. The van der Waals surface area contributed by atoms with Gasteiger partial charge in [0.15, 0.2) is 0 Å². The lowest BCUT2D eigenvalue weighted by atomic mass is 9.73. The van der Waals surface area contributed by atoms with Crippen LogP contribution in [0.4, 0.5) is 4.79 Å². The molecule has 2 saturated heterocycles. The molecule has 0 radical (unpaired) electrons. The summed E-state index contributed by atoms with van der Waals surface area (Å²) in [5, 5.41) is 12.4. The molecule has 36 heavy (non-hydrogen) atoms. The van der Waals surface area contributed by atoms with Crippen molar-refractivity contribution in [3.8, 4) is 11.5 Å². The number of nitrogens with zero attached hydrogens (tertiary/aromatic N) is 2. The molecule has 7 heteroatoms. The van der Waals surface area contributed by atoms with Crippen molar-refractivity contribution >= 4 is 6.03 Å². The van der Waals surface area contributed by atoms with Crippen LogP contribution in [0.15, 0.2) is 54.6 Å². The van der Waals surface area contributed by atoms with Crippen molar-refractivity contribution in [3.05, 3.63) is 60.2 Å². The van der Waals surface area contributed by atoms with Gasteiger partial charge in [-0.25, -0.2) is 4.79 Å². The van der Waals surface area contributed by atoms with Gasteiger partial charge in [0.1, 0.15) is 11.5 Å². The average molecular weight is 496 g/mol. The first kappa shape index (κ1) is 26.5. The molecule has 0 unspecified atom stereocenters. The van der Waals surface area contributed by atoms with Crippen LogP contribution in [0.25, 0.3) is 0 Å². The summed E-state index contributed by atoms with van der Waals surface area (Å²) in [5.41, 5.74) is 5.80. The molecular formula is C29H41N3O4. The second-order valence-electron chi connectivity index (χ2n) is 10.2. The van der Waals surface area contributed by atoms with Crippen molar-refractivity contribution in [2.24, 2.45) is 11.7 Å². The number of amides is 2. The maximum Gasteiger partial charge on any atom is 0.320 e. The van der Waals surface area contributed by atoms with Crippen molar-refractivity contribution in [3.63, 3.8) is 0 Å². The van der Waals surface area contributed by atoms with E-state index in [-0.39, 0.29) is 18.0 Å². The number of ether oxygens (including phenoxy) is 2. The van der Waals surface area contributed by atoms with E-state index in [2.05, 4.69) is 0 Å². The van der Waals surface area contributed by atoms with E-state index in [9.17, 15) is 9.90 Å². The fourth-order valence-corrected chi connectivity index (χ4v) is 5.65. The zero-order chi connectivity index (χ0) is 25.4. The number of carbonyl (C=O) groups excluding carboxylic acids is 1. The Labute approximate surface area is 215 Å². The van der Waals surface area contributed by atoms with Gasteiger partial charge in [-0.1, -0.05) is 36.4 Å². The number of rotatable bonds is 9. The molecule has 2 aliphatic rings. The molecule has 4 rings (SSSR count). The number of methoxy groups -OCH3 is 1. The monoisotopic (exact) mass is 495 g/mol. The molecule has 7 nitrogen and oxygen atoms in total. The van der Waals surface area contributed by atoms with E-state index in [1.807, 2.05) is 64.4 Å². The summed E-state index contributed by atoms with van der Waals surface area (Å²) < 4.78 is 11.5. The molecule has 3 N–H and O–H groups in total. The second kappa shape index (κ2) is 12.6. The highest BCUT2D eigenvalue weighted by molar-refractivity contribution is 5.74. The lowest BCUT2D eigenvalue weighted by Crippen LogP contribution is -2.55. The summed E-state index contributed by atoms with van der Waals surface area (Å²) in [6, 6.07) is 17.5. The van der Waals surface area contributed by atoms with Gasteiger partial charge in [0.25, 0.3) is 0 Å². The van der Waals surface area contributed by atoms with Gasteiger partial charge < -0.3 is 30.1 Å². The minimum Gasteiger partial charge on any atom is -0.457 e. The molecular weight excluding hydrogens is 454 g/mol. The highest BCUT2D eigenvalue weighted by Gasteiger charge is 2.43. The van der Waals surface area contributed by atoms with Gasteiger partial charge in [0.05, 0.1) is 5.60 Å². The number of nitrogens with two attached hydrogens (primary N) is 1. The van der Waals surface area contributed by atoms with Crippen LogP contribution in [0.2, 0.25) is 0 Å². The van der Waals surface area contributed by atoms with Crippen LogP contribution in [0, 0.1) is 5.92 Å². The second-order valence-corrected chi connectivity index (χ2v) is 10.2. The smallest absolute Gasteiger partial charge is 0.320 e. The number of unbranched alkanes of at least 4 members (excludes halogenated alkanes) is 1. The van der Waals surface area contributed by atoms with Crippen LogP contribution >= 0.6 is 0 Å². The van der Waals surface area contributed by atoms with E-state index in [0.29, 0.717) is 38.4 Å². The number of piperidine rings is 2. The number of carbonyl (C=O) groups is 1. The predicted octanol–water partition coefficient (Wildman–Crippen LogP) is 4.74. The van der Waals surface area contributed by atoms with Crippen molar-refractivity contribution in [1.29, 1.82) is 0 Å². The number of hydrogen-bond donors (Lipinski definition) is 2. The summed E-state index contributed by atoms with van der Waals surface area (Å²) in [6.07, 6.45) is 5.87. The van der Waals surface area contributed by atoms with E-state index in [1.54, 1.807) is 7.11 Å². The Morgan fingerprint density at radius 2 is 1.69 bits per heavy atom. The zero-order valence-electron chi connectivity index (χ0n) is 21.5. The van der Waals surface area contributed by atoms with E-state index in [1.165, 1.54) is 0 Å². The molecule has 2 fully saturated rings. The Morgan fingerprint density at radius 1 is 1.00 bits per heavy atom. The van der Waals surface area contributed by atoms with Crippen LogP contribution in [0.5, 0.6) is 11.5 Å². The SMILES string of the molecule is COCCCC[C@@](O)(c1ccccc1Oc1ccccc1)[C@@H]1CCCN(C(=O)N2CCC[C@@H](N)C2)C1. The molecule has 196 valence electrons. The molecule has 3 atom stereocenters. The van der Waals surface area contributed by atoms with E-state index >= 15 is 0 Å². The third-order valence-electron chi connectivity index (χ3n) is 7.58. The standard InChI is InChI=1S/C29H41N3O4/c1-35-20-8-7-17-29(34,26-15-5-6-16-27(26)36-25-13-3-2-4-14-25)23-11-9-18-31(21-23)28(33)32-19-10-12-24(30)22-32/h2-6,13-16,23-24,34H,7-12,17-22,30H2,1H3/t23-,24-,29+/m1/s1. The fourth-order valence-electron chi connectivity index (χ4n) is 5.65. The van der Waals surface area contributed by atoms with Crippen LogP contribution < -0.4 is 10.5 Å². The topological polar surface area (TPSA) is 88.3 Å². The van der Waals surface area contributed by atoms with Gasteiger partial charge in [-0.15, -0.1) is 0 Å². The lowest BCUT2D eigenvalue weighted by Gasteiger charge is -2.45. The van der Waals surface area contributed by atoms with Crippen molar-refractivity contribution < 1.29 is 19.4 Å². The van der Waals surface area contributed by atoms with E-state index < -0.39 is 5.60 Å². The molecule has 2 aromatic rings. The van der Waals surface area contributed by atoms with Crippen LogP contribution in [-0.2, 0) is 10.3 Å². The highest BCUT2D eigenvalue weighted by Crippen LogP contribution is 2.44. The van der Waals surface area contributed by atoms with Gasteiger partial charge in [0, 0.05) is 57.4 Å². The Balaban J connectivity index is 1.59. The van der Waals surface area contributed by atoms with Crippen molar-refractivity contribution in [2.75, 3.05) is 39.9 Å². The number of benzene rings is 2. The van der Waals surface area contributed by atoms with Crippen molar-refractivity contribution in [1.82, 2.24) is 9.80 Å². The Hall–Kier alpha value is -2.61. The van der Waals surface area contributed by atoms with Gasteiger partial charge in [0.2, 0.25) is 0 Å². The Kier molecular flexibility index (Phi) is 9.24. The number of para-hydroxylation sites is 2. The normalized spacial score (nSPS) is 22.2. The minimum absolute atomic E-state index is 0.0445. The van der Waals surface area contributed by atoms with Crippen molar-refractivity contribution in [2.45, 2.75) is 56.6 Å². The third-order valence-corrected chi connectivity index (χ3v) is 7.58. The number of aliphatic hydroxyl groups is 1. The first-order valence-electron chi connectivity index (χ1n) is 13.3. The lowest BCUT2D eigenvalue weighted by molar-refractivity contribution is -0.0590. The summed E-state index contributed by atoms with van der Waals surface area (Å²) in [4.78, 5) is 17.2. The molecule has 2 aromatic carbocycles. The quantitative estimate of drug-likeness (QED) is 0.491. The third kappa shape index (κ3) is 6.38. The summed E-state index contributed by atoms with van der Waals surface area (Å²) in [5.74, 6) is 1.29. The Bertz CT molecular complexity index is 972. The van der Waals surface area contributed by atoms with Gasteiger partial charge in [-0.05, 0) is 63.1 Å². The van der Waals surface area contributed by atoms with Crippen LogP contribution in [0.3, 0.4) is 0 Å². The van der Waals surface area contributed by atoms with E-state index in [4.69, 9.17) is 15.2 Å². The minimum atomic E-state index is -1.13. The van der Waals surface area contributed by atoms with Crippen LogP contribution in [-0.4, -0.2) is 66.9 Å². The zero-order valence-corrected chi connectivity index (χ0v) is 21.5. The number of hydrogen-bond acceptors (Lipinski definition) is 5. The maximum atomic E-state index is 13.4. The summed E-state index contributed by atoms with van der Waals surface area (Å²) in [6.45, 7) is 3.24. The Morgan fingerprint density at radius 3 is 2.44 bits per heavy atom. The molecule has 0 aliphatic carbocycles. The number of likely N-dealkylation sites (tertiary alicyclic amines) is 2. The molecule has 2 heterocycles. The summed E-state index contributed by atoms with van der Waals surface area (Å²) in [7, 11) is 1.70. The molecule has 0 aromatic heterocycles. The van der Waals surface area contributed by atoms with E-state index in [0.717, 1.165) is 56.4 Å². The molecule has 2 amide bonds. The molecule has 0 spiro atoms. The van der Waals surface area contributed by atoms with Gasteiger partial charge in [-0.3, -0.25) is 0 Å². The first-order chi connectivity index (χ1) is 17.5. The molecule has 0 bridgehead atoms. The first-order valence-corrected chi connectivity index (χ1v) is 13.3. The molecule has 0 saturated carbocycles. The van der Waals surface area contributed by atoms with Gasteiger partial charge in [-0.2, -0.15) is 0 Å². The van der Waals surface area contributed by atoms with Crippen LogP contribution in [0.1, 0.15) is 50.5 Å². The number of urea groups is 1. The molecule has 2 aliphatic heterocycles.